The second-order valence-corrected chi connectivity index (χ2v) is 7.98. The molecule has 2 rings (SSSR count). The number of piperidine rings is 1. The van der Waals surface area contributed by atoms with Gasteiger partial charge in [0.2, 0.25) is 0 Å². The first-order valence-electron chi connectivity index (χ1n) is 9.93. The lowest BCUT2D eigenvalue weighted by atomic mass is 9.97. The first-order chi connectivity index (χ1) is 13.7. The Kier molecular flexibility index (Phi) is 8.38. The molecule has 0 N–H and O–H groups in total. The van der Waals surface area contributed by atoms with Gasteiger partial charge < -0.3 is 19.1 Å². The number of esters is 1. The van der Waals surface area contributed by atoms with Crippen LogP contribution in [0.4, 0.5) is 0 Å². The van der Waals surface area contributed by atoms with Crippen LogP contribution in [-0.2, 0) is 14.3 Å². The van der Waals surface area contributed by atoms with E-state index in [4.69, 9.17) is 25.8 Å². The molecule has 1 aliphatic heterocycles. The molecule has 0 aliphatic carbocycles. The summed E-state index contributed by atoms with van der Waals surface area (Å²) in [7, 11) is 1.52. The lowest BCUT2D eigenvalue weighted by Gasteiger charge is -2.38. The van der Waals surface area contributed by atoms with Gasteiger partial charge in [0.15, 0.2) is 18.1 Å². The van der Waals surface area contributed by atoms with E-state index in [0.29, 0.717) is 22.1 Å². The van der Waals surface area contributed by atoms with Gasteiger partial charge in [0.25, 0.3) is 5.91 Å². The highest BCUT2D eigenvalue weighted by Crippen LogP contribution is 2.37. The van der Waals surface area contributed by atoms with Crippen molar-refractivity contribution >= 4 is 29.6 Å². The number of rotatable bonds is 7. The zero-order chi connectivity index (χ0) is 21.6. The van der Waals surface area contributed by atoms with Gasteiger partial charge in [0.1, 0.15) is 0 Å². The summed E-state index contributed by atoms with van der Waals surface area (Å²) in [6, 6.07) is 3.73. The maximum absolute atomic E-state index is 12.4. The molecule has 1 fully saturated rings. The van der Waals surface area contributed by atoms with Gasteiger partial charge in [0, 0.05) is 18.2 Å². The van der Waals surface area contributed by atoms with Crippen LogP contribution in [-0.4, -0.2) is 48.7 Å². The topological polar surface area (TPSA) is 65.1 Å². The Morgan fingerprint density at radius 1 is 1.24 bits per heavy atom. The lowest BCUT2D eigenvalue weighted by Crippen LogP contribution is -2.49. The molecule has 0 unspecified atom stereocenters. The summed E-state index contributed by atoms with van der Waals surface area (Å²) in [6.07, 6.45) is 5.84. The number of ether oxygens (including phenoxy) is 3. The first kappa shape index (κ1) is 23.1. The molecule has 7 heteroatoms. The number of nitrogens with zero attached hydrogens (tertiary/aromatic N) is 1. The monoisotopic (exact) mass is 423 g/mol. The second kappa shape index (κ2) is 10.5. The molecule has 1 aliphatic rings. The molecule has 0 aromatic heterocycles. The van der Waals surface area contributed by atoms with Crippen molar-refractivity contribution in [2.24, 2.45) is 0 Å². The summed E-state index contributed by atoms with van der Waals surface area (Å²) >= 11 is 6.28. The predicted octanol–water partition coefficient (Wildman–Crippen LogP) is 4.48. The summed E-state index contributed by atoms with van der Waals surface area (Å²) in [5, 5.41) is 0.384. The van der Waals surface area contributed by atoms with Gasteiger partial charge >= 0.3 is 5.97 Å². The summed E-state index contributed by atoms with van der Waals surface area (Å²) in [6.45, 7) is 7.58. The maximum atomic E-state index is 12.4. The van der Waals surface area contributed by atoms with E-state index in [1.807, 2.05) is 32.6 Å². The molecule has 1 aromatic rings. The smallest absolute Gasteiger partial charge is 0.331 e. The van der Waals surface area contributed by atoms with Crippen molar-refractivity contribution in [2.45, 2.75) is 65.1 Å². The summed E-state index contributed by atoms with van der Waals surface area (Å²) < 4.78 is 16.1. The third-order valence-corrected chi connectivity index (χ3v) is 5.12. The maximum Gasteiger partial charge on any atom is 0.331 e. The highest BCUT2D eigenvalue weighted by molar-refractivity contribution is 6.32. The van der Waals surface area contributed by atoms with Crippen molar-refractivity contribution < 1.29 is 23.8 Å². The Morgan fingerprint density at radius 3 is 2.48 bits per heavy atom. The molecular formula is C22H30ClNO5. The quantitative estimate of drug-likeness (QED) is 0.477. The first-order valence-corrected chi connectivity index (χ1v) is 10.3. The van der Waals surface area contributed by atoms with E-state index in [1.165, 1.54) is 13.2 Å². The lowest BCUT2D eigenvalue weighted by molar-refractivity contribution is -0.151. The summed E-state index contributed by atoms with van der Waals surface area (Å²) in [5.74, 6) is 0.182. The molecule has 0 bridgehead atoms. The number of methoxy groups -OCH3 is 1. The normalized spacial score (nSPS) is 19.5. The van der Waals surface area contributed by atoms with Crippen LogP contribution in [0.1, 0.15) is 52.5 Å². The van der Waals surface area contributed by atoms with Gasteiger partial charge in [-0.25, -0.2) is 4.79 Å². The molecule has 6 nitrogen and oxygen atoms in total. The Labute approximate surface area is 177 Å². The fourth-order valence-electron chi connectivity index (χ4n) is 3.52. The van der Waals surface area contributed by atoms with Crippen LogP contribution < -0.4 is 9.47 Å². The second-order valence-electron chi connectivity index (χ2n) is 7.57. The zero-order valence-electron chi connectivity index (χ0n) is 17.7. The minimum Gasteiger partial charge on any atom is -0.493 e. The summed E-state index contributed by atoms with van der Waals surface area (Å²) in [5.41, 5.74) is 0.657. The highest BCUT2D eigenvalue weighted by Gasteiger charge is 2.29. The Morgan fingerprint density at radius 2 is 1.90 bits per heavy atom. The molecule has 2 atom stereocenters. The van der Waals surface area contributed by atoms with Crippen molar-refractivity contribution in [3.05, 3.63) is 28.8 Å². The zero-order valence-corrected chi connectivity index (χ0v) is 18.5. The van der Waals surface area contributed by atoms with Crippen LogP contribution in [0.5, 0.6) is 11.5 Å². The van der Waals surface area contributed by atoms with Gasteiger partial charge in [-0.3, -0.25) is 4.79 Å². The van der Waals surface area contributed by atoms with E-state index in [9.17, 15) is 9.59 Å². The Hall–Kier alpha value is -2.21. The summed E-state index contributed by atoms with van der Waals surface area (Å²) in [4.78, 5) is 26.3. The van der Waals surface area contributed by atoms with Crippen LogP contribution in [0.3, 0.4) is 0 Å². The minimum absolute atomic E-state index is 0.0550. The molecule has 0 saturated carbocycles. The standard InChI is InChI=1S/C22H30ClNO5/c1-14(2)29-22-18(23)11-17(12-19(22)27-5)9-10-21(26)28-13-20(25)24-15(3)7-6-8-16(24)4/h9-12,14-16H,6-8,13H2,1-5H3/b10-9+/t15-,16-/m0/s1. The van der Waals surface area contributed by atoms with Crippen LogP contribution in [0, 0.1) is 0 Å². The van der Waals surface area contributed by atoms with Gasteiger partial charge in [-0.15, -0.1) is 0 Å². The van der Waals surface area contributed by atoms with Gasteiger partial charge in [-0.1, -0.05) is 11.6 Å². The van der Waals surface area contributed by atoms with Crippen molar-refractivity contribution in [1.82, 2.24) is 4.90 Å². The molecule has 0 spiro atoms. The van der Waals surface area contributed by atoms with Gasteiger partial charge in [0.05, 0.1) is 18.2 Å². The Balaban J connectivity index is 1.98. The number of likely N-dealkylation sites (tertiary alicyclic amines) is 1. The van der Waals surface area contributed by atoms with Crippen LogP contribution in [0.25, 0.3) is 6.08 Å². The van der Waals surface area contributed by atoms with E-state index in [0.717, 1.165) is 19.3 Å². The van der Waals surface area contributed by atoms with E-state index >= 15 is 0 Å². The fraction of sp³-hybridized carbons (Fsp3) is 0.545. The highest BCUT2D eigenvalue weighted by atomic mass is 35.5. The average Bonchev–Trinajstić information content (AvgIpc) is 2.66. The molecule has 1 saturated heterocycles. The van der Waals surface area contributed by atoms with Crippen molar-refractivity contribution in [3.63, 3.8) is 0 Å². The largest absolute Gasteiger partial charge is 0.493 e. The van der Waals surface area contributed by atoms with Crippen LogP contribution in [0.2, 0.25) is 5.02 Å². The molecule has 1 aromatic carbocycles. The fourth-order valence-corrected chi connectivity index (χ4v) is 3.78. The van der Waals surface area contributed by atoms with Crippen LogP contribution in [0.15, 0.2) is 18.2 Å². The molecule has 160 valence electrons. The van der Waals surface area contributed by atoms with Crippen molar-refractivity contribution in [1.29, 1.82) is 0 Å². The number of hydrogen-bond donors (Lipinski definition) is 0. The Bertz CT molecular complexity index is 752. The molecular weight excluding hydrogens is 394 g/mol. The number of carbonyl (C=O) groups is 2. The van der Waals surface area contributed by atoms with Crippen molar-refractivity contribution in [2.75, 3.05) is 13.7 Å². The number of carbonyl (C=O) groups excluding carboxylic acids is 2. The third kappa shape index (κ3) is 6.39. The van der Waals surface area contributed by atoms with Crippen molar-refractivity contribution in [3.8, 4) is 11.5 Å². The SMILES string of the molecule is COc1cc(/C=C/C(=O)OCC(=O)N2[C@@H](C)CCC[C@@H]2C)cc(Cl)c1OC(C)C. The minimum atomic E-state index is -0.590. The number of halogens is 1. The van der Waals surface area contributed by atoms with Gasteiger partial charge in [-0.05, 0) is 70.7 Å². The molecule has 0 radical (unpaired) electrons. The van der Waals surface area contributed by atoms with E-state index in [-0.39, 0.29) is 30.7 Å². The number of hydrogen-bond acceptors (Lipinski definition) is 5. The number of benzene rings is 1. The van der Waals surface area contributed by atoms with E-state index < -0.39 is 5.97 Å². The molecule has 1 heterocycles. The van der Waals surface area contributed by atoms with Crippen LogP contribution >= 0.6 is 11.6 Å². The van der Waals surface area contributed by atoms with Gasteiger partial charge in [-0.2, -0.15) is 0 Å². The van der Waals surface area contributed by atoms with E-state index in [1.54, 1.807) is 18.2 Å². The third-order valence-electron chi connectivity index (χ3n) is 4.84. The van der Waals surface area contributed by atoms with E-state index in [2.05, 4.69) is 0 Å². The predicted molar refractivity (Wildman–Crippen MR) is 113 cm³/mol. The molecule has 1 amide bonds. The number of amides is 1. The molecule has 29 heavy (non-hydrogen) atoms. The average molecular weight is 424 g/mol.